The second-order valence-electron chi connectivity index (χ2n) is 11.1. The minimum absolute atomic E-state index is 0.442. The molecule has 35 heavy (non-hydrogen) atoms. The molecule has 1 spiro atoms. The van der Waals surface area contributed by atoms with Crippen LogP contribution in [0.25, 0.3) is 0 Å². The molecule has 9 nitrogen and oxygen atoms in total. The van der Waals surface area contributed by atoms with E-state index in [2.05, 4.69) is 43.2 Å². The molecule has 0 bridgehead atoms. The quantitative estimate of drug-likeness (QED) is 0.477. The van der Waals surface area contributed by atoms with E-state index in [-0.39, 0.29) is 0 Å². The molecule has 0 aromatic carbocycles. The topological polar surface area (TPSA) is 93.5 Å². The lowest BCUT2D eigenvalue weighted by atomic mass is 9.77. The summed E-state index contributed by atoms with van der Waals surface area (Å²) in [6, 6.07) is -0.627. The zero-order valence-electron chi connectivity index (χ0n) is 21.7. The first-order valence-electron chi connectivity index (χ1n) is 13.2. The van der Waals surface area contributed by atoms with Crippen molar-refractivity contribution >= 4 is 5.97 Å². The molecule has 0 unspecified atom stereocenters. The molecule has 2 saturated heterocycles. The molecule has 0 radical (unpaired) electrons. The molecular formula is C26H43N7O2. The molecule has 4 heterocycles. The van der Waals surface area contributed by atoms with E-state index in [0.717, 1.165) is 37.1 Å². The standard InChI is InChI=1S/C26H43N7O2/c1-21(2)17-30-13-5-26(6-14-30)7-15-31(20-26)11-4-12-32-16-10-29-24(32)19-33(22(3)25(34)35)18-23-27-8-9-28-23/h8-10,16,21-22H,4-7,11-15,17-20H2,1-3H3,(H,27,28)(H,34,35)/t22-/m1/s1. The first-order valence-corrected chi connectivity index (χ1v) is 13.2. The fourth-order valence-electron chi connectivity index (χ4n) is 5.76. The number of aryl methyl sites for hydroxylation is 1. The largest absolute Gasteiger partial charge is 0.480 e. The number of rotatable bonds is 12. The Morgan fingerprint density at radius 1 is 1.09 bits per heavy atom. The van der Waals surface area contributed by atoms with E-state index in [9.17, 15) is 9.90 Å². The molecule has 2 aromatic rings. The fraction of sp³-hybridized carbons (Fsp3) is 0.731. The van der Waals surface area contributed by atoms with Gasteiger partial charge >= 0.3 is 5.97 Å². The lowest BCUT2D eigenvalue weighted by Gasteiger charge is -2.40. The number of carboxylic acid groups (broad SMARTS) is 1. The Bertz CT molecular complexity index is 918. The maximum absolute atomic E-state index is 11.7. The lowest BCUT2D eigenvalue weighted by molar-refractivity contribution is -0.143. The van der Waals surface area contributed by atoms with Gasteiger partial charge in [0.05, 0.1) is 13.1 Å². The molecule has 2 aliphatic heterocycles. The van der Waals surface area contributed by atoms with Gasteiger partial charge in [0.1, 0.15) is 17.7 Å². The number of carbonyl (C=O) groups is 1. The highest BCUT2D eigenvalue weighted by Crippen LogP contribution is 2.40. The van der Waals surface area contributed by atoms with E-state index in [1.807, 2.05) is 17.3 Å². The maximum Gasteiger partial charge on any atom is 0.320 e. The first kappa shape index (κ1) is 25.9. The number of piperidine rings is 1. The molecule has 2 N–H and O–H groups in total. The SMILES string of the molecule is CC(C)CN1CCC2(CC1)CCN(CCCn1ccnc1CN(Cc1ncc[nH]1)[C@H](C)C(=O)O)C2. The molecular weight excluding hydrogens is 442 g/mol. The zero-order chi connectivity index (χ0) is 24.8. The Morgan fingerprint density at radius 3 is 2.49 bits per heavy atom. The molecule has 194 valence electrons. The molecule has 1 atom stereocenters. The Hall–Kier alpha value is -2.23. The number of H-pyrrole nitrogens is 1. The van der Waals surface area contributed by atoms with Crippen LogP contribution < -0.4 is 0 Å². The number of nitrogens with one attached hydrogen (secondary N) is 1. The fourth-order valence-corrected chi connectivity index (χ4v) is 5.76. The van der Waals surface area contributed by atoms with Crippen molar-refractivity contribution < 1.29 is 9.90 Å². The first-order chi connectivity index (χ1) is 16.8. The van der Waals surface area contributed by atoms with Crippen LogP contribution in [-0.4, -0.2) is 90.6 Å². The van der Waals surface area contributed by atoms with Gasteiger partial charge < -0.3 is 24.5 Å². The number of imidazole rings is 2. The summed E-state index contributed by atoms with van der Waals surface area (Å²) < 4.78 is 2.18. The van der Waals surface area contributed by atoms with Crippen molar-refractivity contribution in [2.45, 2.75) is 72.1 Å². The monoisotopic (exact) mass is 485 g/mol. The molecule has 0 saturated carbocycles. The van der Waals surface area contributed by atoms with Crippen LogP contribution in [0.1, 0.15) is 58.1 Å². The number of nitrogens with zero attached hydrogens (tertiary/aromatic N) is 6. The Kier molecular flexibility index (Phi) is 8.62. The van der Waals surface area contributed by atoms with Crippen LogP contribution in [0.5, 0.6) is 0 Å². The molecule has 2 aromatic heterocycles. The van der Waals surface area contributed by atoms with Crippen molar-refractivity contribution in [2.75, 3.05) is 39.3 Å². The van der Waals surface area contributed by atoms with Gasteiger partial charge in [0.2, 0.25) is 0 Å². The van der Waals surface area contributed by atoms with Crippen LogP contribution in [0, 0.1) is 11.3 Å². The number of aromatic nitrogens is 4. The van der Waals surface area contributed by atoms with Gasteiger partial charge in [-0.3, -0.25) is 9.69 Å². The van der Waals surface area contributed by atoms with Crippen LogP contribution in [-0.2, 0) is 24.4 Å². The minimum Gasteiger partial charge on any atom is -0.480 e. The van der Waals surface area contributed by atoms with E-state index in [0.29, 0.717) is 18.5 Å². The number of hydrogen-bond donors (Lipinski definition) is 2. The highest BCUT2D eigenvalue weighted by Gasteiger charge is 2.40. The molecule has 2 aliphatic rings. The van der Waals surface area contributed by atoms with Crippen molar-refractivity contribution in [3.05, 3.63) is 36.4 Å². The van der Waals surface area contributed by atoms with Crippen molar-refractivity contribution in [1.82, 2.24) is 34.2 Å². The van der Waals surface area contributed by atoms with Gasteiger partial charge in [0.25, 0.3) is 0 Å². The van der Waals surface area contributed by atoms with E-state index in [4.69, 9.17) is 0 Å². The predicted octanol–water partition coefficient (Wildman–Crippen LogP) is 2.92. The molecule has 0 amide bonds. The third kappa shape index (κ3) is 6.92. The number of hydrogen-bond acceptors (Lipinski definition) is 6. The summed E-state index contributed by atoms with van der Waals surface area (Å²) in [5, 5.41) is 9.59. The zero-order valence-corrected chi connectivity index (χ0v) is 21.7. The van der Waals surface area contributed by atoms with Crippen LogP contribution in [0.4, 0.5) is 0 Å². The summed E-state index contributed by atoms with van der Waals surface area (Å²) >= 11 is 0. The van der Waals surface area contributed by atoms with E-state index >= 15 is 0 Å². The Balaban J connectivity index is 1.26. The minimum atomic E-state index is -0.840. The average Bonchev–Trinajstić information content (AvgIpc) is 3.57. The predicted molar refractivity (Wildman–Crippen MR) is 136 cm³/mol. The third-order valence-corrected chi connectivity index (χ3v) is 7.89. The van der Waals surface area contributed by atoms with Gasteiger partial charge in [0.15, 0.2) is 0 Å². The van der Waals surface area contributed by atoms with Crippen molar-refractivity contribution in [3.8, 4) is 0 Å². The lowest BCUT2D eigenvalue weighted by Crippen LogP contribution is -2.42. The Morgan fingerprint density at radius 2 is 1.83 bits per heavy atom. The molecule has 2 fully saturated rings. The molecule has 9 heteroatoms. The summed E-state index contributed by atoms with van der Waals surface area (Å²) in [5.74, 6) is 1.57. The second-order valence-corrected chi connectivity index (χ2v) is 11.1. The number of aliphatic carboxylic acids is 1. The summed E-state index contributed by atoms with van der Waals surface area (Å²) in [7, 11) is 0. The summed E-state index contributed by atoms with van der Waals surface area (Å²) in [4.78, 5) is 30.8. The van der Waals surface area contributed by atoms with Crippen LogP contribution in [0.2, 0.25) is 0 Å². The van der Waals surface area contributed by atoms with Crippen LogP contribution in [0.3, 0.4) is 0 Å². The van der Waals surface area contributed by atoms with Gasteiger partial charge in [-0.25, -0.2) is 9.97 Å². The summed E-state index contributed by atoms with van der Waals surface area (Å²) in [6.45, 7) is 15.5. The number of carboxylic acids is 1. The average molecular weight is 486 g/mol. The highest BCUT2D eigenvalue weighted by atomic mass is 16.4. The second kappa shape index (κ2) is 11.7. The van der Waals surface area contributed by atoms with Crippen molar-refractivity contribution in [1.29, 1.82) is 0 Å². The maximum atomic E-state index is 11.7. The molecule has 4 rings (SSSR count). The van der Waals surface area contributed by atoms with Gasteiger partial charge in [-0.15, -0.1) is 0 Å². The van der Waals surface area contributed by atoms with Crippen molar-refractivity contribution in [2.24, 2.45) is 11.3 Å². The normalized spacial score (nSPS) is 19.8. The van der Waals surface area contributed by atoms with Gasteiger partial charge in [0, 0.05) is 44.4 Å². The van der Waals surface area contributed by atoms with Crippen molar-refractivity contribution in [3.63, 3.8) is 0 Å². The highest BCUT2D eigenvalue weighted by molar-refractivity contribution is 5.72. The van der Waals surface area contributed by atoms with Gasteiger partial charge in [-0.05, 0) is 70.1 Å². The smallest absolute Gasteiger partial charge is 0.320 e. The van der Waals surface area contributed by atoms with Gasteiger partial charge in [-0.2, -0.15) is 0 Å². The van der Waals surface area contributed by atoms with E-state index < -0.39 is 12.0 Å². The molecule has 0 aliphatic carbocycles. The van der Waals surface area contributed by atoms with Crippen LogP contribution in [0.15, 0.2) is 24.8 Å². The summed E-state index contributed by atoms with van der Waals surface area (Å²) in [5.41, 5.74) is 0.535. The number of likely N-dealkylation sites (tertiary alicyclic amines) is 2. The third-order valence-electron chi connectivity index (χ3n) is 7.89. The van der Waals surface area contributed by atoms with E-state index in [1.165, 1.54) is 52.0 Å². The van der Waals surface area contributed by atoms with Crippen LogP contribution >= 0.6 is 0 Å². The van der Waals surface area contributed by atoms with E-state index in [1.54, 1.807) is 19.3 Å². The summed E-state index contributed by atoms with van der Waals surface area (Å²) in [6.07, 6.45) is 12.4. The van der Waals surface area contributed by atoms with Gasteiger partial charge in [-0.1, -0.05) is 13.8 Å². The Labute approximate surface area is 209 Å². The number of aromatic amines is 1.